The molecule has 1 aromatic carbocycles. The minimum absolute atomic E-state index is 0.256. The zero-order chi connectivity index (χ0) is 13.4. The fraction of sp³-hybridized carbons (Fsp3) is 0.400. The Morgan fingerprint density at radius 2 is 1.89 bits per heavy atom. The lowest BCUT2D eigenvalue weighted by atomic mass is 10.2. The molecule has 0 atom stereocenters. The Kier molecular flexibility index (Phi) is 5.67. The molecule has 0 N–H and O–H groups in total. The zero-order valence-corrected chi connectivity index (χ0v) is 12.3. The number of esters is 1. The van der Waals surface area contributed by atoms with Crippen LogP contribution in [0.4, 0.5) is 0 Å². The molecule has 2 nitrogen and oxygen atoms in total. The van der Waals surface area contributed by atoms with Crippen LogP contribution in [0.3, 0.4) is 0 Å². The normalized spacial score (nSPS) is 10.4. The van der Waals surface area contributed by atoms with E-state index in [1.165, 1.54) is 0 Å². The number of hydrogen-bond donors (Lipinski definition) is 0. The summed E-state index contributed by atoms with van der Waals surface area (Å²) in [5.74, 6) is 2.90. The summed E-state index contributed by atoms with van der Waals surface area (Å²) in [5.41, 5.74) is 3.89. The van der Waals surface area contributed by atoms with Crippen molar-refractivity contribution in [3.8, 4) is 11.5 Å². The van der Waals surface area contributed by atoms with Crippen molar-refractivity contribution in [1.82, 2.24) is 0 Å². The second kappa shape index (κ2) is 7.02. The second-order valence-electron chi connectivity index (χ2n) is 5.16. The molecule has 0 aromatic heterocycles. The maximum atomic E-state index is 11.6. The van der Waals surface area contributed by atoms with E-state index < -0.39 is 8.07 Å². The molecule has 0 radical (unpaired) electrons. The van der Waals surface area contributed by atoms with Gasteiger partial charge in [-0.15, -0.1) is 11.5 Å². The summed E-state index contributed by atoms with van der Waals surface area (Å²) in [6.45, 7) is 7.09. The van der Waals surface area contributed by atoms with E-state index in [1.807, 2.05) is 18.2 Å². The van der Waals surface area contributed by atoms with Gasteiger partial charge in [0, 0.05) is 6.42 Å². The van der Waals surface area contributed by atoms with Gasteiger partial charge in [-0.3, -0.25) is 0 Å². The summed E-state index contributed by atoms with van der Waals surface area (Å²) in [6.07, 6.45) is 1.60. The fourth-order valence-corrected chi connectivity index (χ4v) is 1.97. The maximum Gasteiger partial charge on any atom is 0.338 e. The number of carbonyl (C=O) groups is 1. The van der Waals surface area contributed by atoms with Crippen molar-refractivity contribution in [3.05, 3.63) is 35.9 Å². The molecule has 96 valence electrons. The van der Waals surface area contributed by atoms with Crippen LogP contribution in [0.5, 0.6) is 0 Å². The fourth-order valence-electron chi connectivity index (χ4n) is 1.31. The molecular formula is C15H20O2Si. The molecule has 0 aliphatic rings. The van der Waals surface area contributed by atoms with Gasteiger partial charge in [0.05, 0.1) is 12.2 Å². The Balaban J connectivity index is 2.23. The molecule has 0 saturated carbocycles. The summed E-state index contributed by atoms with van der Waals surface area (Å²) in [6, 6.07) is 9.05. The van der Waals surface area contributed by atoms with Gasteiger partial charge >= 0.3 is 5.97 Å². The highest BCUT2D eigenvalue weighted by Gasteiger charge is 2.07. The largest absolute Gasteiger partial charge is 0.462 e. The van der Waals surface area contributed by atoms with Gasteiger partial charge in [-0.25, -0.2) is 4.79 Å². The van der Waals surface area contributed by atoms with Crippen molar-refractivity contribution < 1.29 is 9.53 Å². The molecular weight excluding hydrogens is 240 g/mol. The quantitative estimate of drug-likeness (QED) is 0.358. The summed E-state index contributed by atoms with van der Waals surface area (Å²) in [7, 11) is -1.26. The SMILES string of the molecule is C[Si](C)(C)C#CCCCOC(=O)c1ccccc1. The van der Waals surface area contributed by atoms with Gasteiger partial charge in [-0.1, -0.05) is 37.8 Å². The third kappa shape index (κ3) is 6.26. The molecule has 1 aromatic rings. The smallest absolute Gasteiger partial charge is 0.338 e. The first-order valence-electron chi connectivity index (χ1n) is 6.21. The topological polar surface area (TPSA) is 26.3 Å². The number of ether oxygens (including phenoxy) is 1. The van der Waals surface area contributed by atoms with Crippen LogP contribution in [-0.2, 0) is 4.74 Å². The average molecular weight is 260 g/mol. The Labute approximate surface area is 110 Å². The predicted octanol–water partition coefficient (Wildman–Crippen LogP) is 3.50. The first-order chi connectivity index (χ1) is 8.49. The zero-order valence-electron chi connectivity index (χ0n) is 11.3. The van der Waals surface area contributed by atoms with E-state index in [1.54, 1.807) is 12.1 Å². The van der Waals surface area contributed by atoms with Crippen molar-refractivity contribution in [1.29, 1.82) is 0 Å². The molecule has 1 rings (SSSR count). The molecule has 0 bridgehead atoms. The lowest BCUT2D eigenvalue weighted by Crippen LogP contribution is -2.16. The number of hydrogen-bond acceptors (Lipinski definition) is 2. The van der Waals surface area contributed by atoms with E-state index >= 15 is 0 Å². The van der Waals surface area contributed by atoms with Gasteiger partial charge in [0.25, 0.3) is 0 Å². The minimum atomic E-state index is -1.26. The second-order valence-corrected chi connectivity index (χ2v) is 9.91. The van der Waals surface area contributed by atoms with Crippen molar-refractivity contribution in [2.24, 2.45) is 0 Å². The molecule has 0 amide bonds. The molecule has 0 aliphatic carbocycles. The summed E-state index contributed by atoms with van der Waals surface area (Å²) >= 11 is 0. The standard InChI is InChI=1S/C15H20O2Si/c1-18(2,3)13-9-5-8-12-17-15(16)14-10-6-4-7-11-14/h4,6-7,10-11H,5,8,12H2,1-3H3. The lowest BCUT2D eigenvalue weighted by molar-refractivity contribution is 0.0502. The first kappa shape index (κ1) is 14.5. The Morgan fingerprint density at radius 1 is 1.22 bits per heavy atom. The van der Waals surface area contributed by atoms with Gasteiger partial charge in [-0.2, -0.15) is 0 Å². The number of benzene rings is 1. The van der Waals surface area contributed by atoms with Gasteiger partial charge in [0.2, 0.25) is 0 Å². The van der Waals surface area contributed by atoms with Crippen LogP contribution >= 0.6 is 0 Å². The molecule has 0 fully saturated rings. The van der Waals surface area contributed by atoms with Crippen molar-refractivity contribution >= 4 is 14.0 Å². The van der Waals surface area contributed by atoms with Crippen LogP contribution in [0.15, 0.2) is 30.3 Å². The number of rotatable bonds is 4. The van der Waals surface area contributed by atoms with E-state index in [-0.39, 0.29) is 5.97 Å². The first-order valence-corrected chi connectivity index (χ1v) is 9.71. The third-order valence-corrected chi connectivity index (χ3v) is 3.08. The van der Waals surface area contributed by atoms with Crippen LogP contribution in [0.1, 0.15) is 23.2 Å². The van der Waals surface area contributed by atoms with E-state index in [4.69, 9.17) is 4.74 Å². The predicted molar refractivity (Wildman–Crippen MR) is 77.1 cm³/mol. The number of unbranched alkanes of at least 4 members (excludes halogenated alkanes) is 1. The average Bonchev–Trinajstić information content (AvgIpc) is 2.33. The van der Waals surface area contributed by atoms with Gasteiger partial charge in [0.15, 0.2) is 0 Å². The maximum absolute atomic E-state index is 11.6. The Bertz CT molecular complexity index is 435. The van der Waals surface area contributed by atoms with Crippen LogP contribution < -0.4 is 0 Å². The van der Waals surface area contributed by atoms with Gasteiger partial charge in [0.1, 0.15) is 8.07 Å². The van der Waals surface area contributed by atoms with E-state index in [2.05, 4.69) is 31.1 Å². The molecule has 0 saturated heterocycles. The van der Waals surface area contributed by atoms with E-state index in [9.17, 15) is 4.79 Å². The lowest BCUT2D eigenvalue weighted by Gasteiger charge is -2.04. The molecule has 0 heterocycles. The van der Waals surface area contributed by atoms with Crippen LogP contribution in [-0.4, -0.2) is 20.7 Å². The monoisotopic (exact) mass is 260 g/mol. The molecule has 0 aliphatic heterocycles. The van der Waals surface area contributed by atoms with Crippen LogP contribution in [0, 0.1) is 11.5 Å². The highest BCUT2D eigenvalue weighted by atomic mass is 28.3. The van der Waals surface area contributed by atoms with E-state index in [0.29, 0.717) is 12.2 Å². The van der Waals surface area contributed by atoms with Crippen molar-refractivity contribution in [2.45, 2.75) is 32.5 Å². The van der Waals surface area contributed by atoms with Crippen LogP contribution in [0.2, 0.25) is 19.6 Å². The van der Waals surface area contributed by atoms with Crippen LogP contribution in [0.25, 0.3) is 0 Å². The highest BCUT2D eigenvalue weighted by Crippen LogP contribution is 2.02. The number of carbonyl (C=O) groups excluding carboxylic acids is 1. The van der Waals surface area contributed by atoms with Gasteiger partial charge < -0.3 is 4.74 Å². The summed E-state index contributed by atoms with van der Waals surface area (Å²) in [5, 5.41) is 0. The highest BCUT2D eigenvalue weighted by molar-refractivity contribution is 6.83. The summed E-state index contributed by atoms with van der Waals surface area (Å²) in [4.78, 5) is 11.6. The molecule has 0 unspecified atom stereocenters. The minimum Gasteiger partial charge on any atom is -0.462 e. The van der Waals surface area contributed by atoms with Crippen molar-refractivity contribution in [3.63, 3.8) is 0 Å². The molecule has 3 heteroatoms. The van der Waals surface area contributed by atoms with E-state index in [0.717, 1.165) is 12.8 Å². The van der Waals surface area contributed by atoms with Crippen molar-refractivity contribution in [2.75, 3.05) is 6.61 Å². The summed E-state index contributed by atoms with van der Waals surface area (Å²) < 4.78 is 5.16. The third-order valence-electron chi connectivity index (χ3n) is 2.15. The Morgan fingerprint density at radius 3 is 2.50 bits per heavy atom. The molecule has 0 spiro atoms. The van der Waals surface area contributed by atoms with Gasteiger partial charge in [-0.05, 0) is 18.6 Å². The molecule has 18 heavy (non-hydrogen) atoms. The Hall–Kier alpha value is -1.53.